The second-order valence-corrected chi connectivity index (χ2v) is 7.50. The molecule has 0 atom stereocenters. The molecule has 1 N–H and O–H groups in total. The summed E-state index contributed by atoms with van der Waals surface area (Å²) in [6.07, 6.45) is 0.978. The number of nitrogens with one attached hydrogen (secondary N) is 1. The monoisotopic (exact) mass is 386 g/mol. The van der Waals surface area contributed by atoms with E-state index >= 15 is 0 Å². The largest absolute Gasteiger partial charge is 0.454 e. The molecule has 142 valence electrons. The molecular formula is C20H22N2O4S. The Hall–Kier alpha value is -2.54. The van der Waals surface area contributed by atoms with Gasteiger partial charge in [0.1, 0.15) is 0 Å². The Morgan fingerprint density at radius 3 is 2.78 bits per heavy atom. The van der Waals surface area contributed by atoms with Crippen LogP contribution in [0.3, 0.4) is 0 Å². The molecule has 3 rings (SSSR count). The van der Waals surface area contributed by atoms with Gasteiger partial charge in [-0.3, -0.25) is 9.59 Å². The molecular weight excluding hydrogens is 364 g/mol. The number of ketones is 1. The molecule has 2 aromatic rings. The number of thioether (sulfide) groups is 1. The summed E-state index contributed by atoms with van der Waals surface area (Å²) in [5, 5.41) is 2.74. The number of hydrogen-bond donors (Lipinski definition) is 1. The molecule has 6 nitrogen and oxygen atoms in total. The Bertz CT molecular complexity index is 917. The molecule has 27 heavy (non-hydrogen) atoms. The maximum absolute atomic E-state index is 12.5. The third-order valence-electron chi connectivity index (χ3n) is 4.50. The van der Waals surface area contributed by atoms with Crippen molar-refractivity contribution in [1.29, 1.82) is 0 Å². The molecule has 1 aliphatic rings. The van der Waals surface area contributed by atoms with Crippen LogP contribution < -0.4 is 5.32 Å². The second kappa shape index (κ2) is 8.00. The van der Waals surface area contributed by atoms with E-state index < -0.39 is 5.97 Å². The normalized spacial score (nSPS) is 13.1. The van der Waals surface area contributed by atoms with E-state index in [9.17, 15) is 14.4 Å². The number of aromatic nitrogens is 1. The summed E-state index contributed by atoms with van der Waals surface area (Å²) in [4.78, 5) is 37.2. The molecule has 0 fully saturated rings. The molecule has 1 aromatic carbocycles. The van der Waals surface area contributed by atoms with Crippen molar-refractivity contribution in [3.63, 3.8) is 0 Å². The zero-order valence-electron chi connectivity index (χ0n) is 15.6. The first-order valence-electron chi connectivity index (χ1n) is 8.84. The molecule has 0 bridgehead atoms. The highest BCUT2D eigenvalue weighted by atomic mass is 32.2. The maximum Gasteiger partial charge on any atom is 0.338 e. The summed E-state index contributed by atoms with van der Waals surface area (Å²) < 4.78 is 7.31. The summed E-state index contributed by atoms with van der Waals surface area (Å²) in [7, 11) is 0. The number of nitrogens with zero attached hydrogens (tertiary/aromatic N) is 1. The van der Waals surface area contributed by atoms with Crippen LogP contribution in [0, 0.1) is 13.8 Å². The van der Waals surface area contributed by atoms with Gasteiger partial charge in [0.2, 0.25) is 11.7 Å². The average Bonchev–Trinajstić information content (AvgIpc) is 2.93. The zero-order valence-corrected chi connectivity index (χ0v) is 16.4. The van der Waals surface area contributed by atoms with E-state index in [2.05, 4.69) is 16.8 Å². The van der Waals surface area contributed by atoms with E-state index in [4.69, 9.17) is 4.74 Å². The van der Waals surface area contributed by atoms with Crippen LogP contribution in [0.4, 0.5) is 5.69 Å². The average molecular weight is 386 g/mol. The van der Waals surface area contributed by atoms with Crippen LogP contribution in [0.2, 0.25) is 0 Å². The number of Topliss-reactive ketones (excluding diaryl/α,β-unsaturated/α-hetero) is 1. The summed E-state index contributed by atoms with van der Waals surface area (Å²) in [5.41, 5.74) is 3.40. The number of esters is 1. The summed E-state index contributed by atoms with van der Waals surface area (Å²) in [5.74, 6) is -0.545. The molecule has 0 aliphatic carbocycles. The molecule has 0 radical (unpaired) electrons. The molecule has 1 amide bonds. The van der Waals surface area contributed by atoms with Gasteiger partial charge in [0.15, 0.2) is 6.61 Å². The molecule has 0 spiro atoms. The fourth-order valence-electron chi connectivity index (χ4n) is 3.15. The third kappa shape index (κ3) is 4.08. The van der Waals surface area contributed by atoms with Gasteiger partial charge in [-0.1, -0.05) is 6.92 Å². The quantitative estimate of drug-likeness (QED) is 0.606. The highest BCUT2D eigenvalue weighted by Crippen LogP contribution is 2.32. The van der Waals surface area contributed by atoms with E-state index in [-0.39, 0.29) is 18.3 Å². The maximum atomic E-state index is 12.5. The number of amides is 1. The van der Waals surface area contributed by atoms with Gasteiger partial charge in [-0.2, -0.15) is 0 Å². The second-order valence-electron chi connectivity index (χ2n) is 6.48. The topological polar surface area (TPSA) is 77.4 Å². The number of aryl methyl sites for hydroxylation is 1. The van der Waals surface area contributed by atoms with Crippen molar-refractivity contribution in [2.24, 2.45) is 0 Å². The smallest absolute Gasteiger partial charge is 0.338 e. The SMILES string of the molecule is CCCn1c(C)cc(C(=O)COC(=O)c2ccc3c(c2)NC(=O)CS3)c1C. The molecule has 1 aliphatic heterocycles. The van der Waals surface area contributed by atoms with E-state index in [1.165, 1.54) is 11.8 Å². The number of carbonyl (C=O) groups is 3. The van der Waals surface area contributed by atoms with Crippen molar-refractivity contribution in [1.82, 2.24) is 4.57 Å². The van der Waals surface area contributed by atoms with E-state index in [1.54, 1.807) is 18.2 Å². The molecule has 0 unspecified atom stereocenters. The molecule has 0 saturated heterocycles. The molecule has 2 heterocycles. The van der Waals surface area contributed by atoms with Crippen molar-refractivity contribution in [2.75, 3.05) is 17.7 Å². The van der Waals surface area contributed by atoms with Crippen LogP contribution in [0.15, 0.2) is 29.2 Å². The van der Waals surface area contributed by atoms with Crippen molar-refractivity contribution in [3.8, 4) is 0 Å². The van der Waals surface area contributed by atoms with Crippen molar-refractivity contribution in [2.45, 2.75) is 38.6 Å². The minimum absolute atomic E-state index is 0.101. The number of fused-ring (bicyclic) bond motifs is 1. The predicted octanol–water partition coefficient (Wildman–Crippen LogP) is 3.60. The summed E-state index contributed by atoms with van der Waals surface area (Å²) in [6, 6.07) is 6.84. The number of rotatable bonds is 6. The van der Waals surface area contributed by atoms with E-state index in [1.807, 2.05) is 19.9 Å². The van der Waals surface area contributed by atoms with Crippen LogP contribution in [-0.2, 0) is 16.1 Å². The Balaban J connectivity index is 1.67. The number of carbonyl (C=O) groups excluding carboxylic acids is 3. The fraction of sp³-hybridized carbons (Fsp3) is 0.350. The van der Waals surface area contributed by atoms with Crippen LogP contribution >= 0.6 is 11.8 Å². The summed E-state index contributed by atoms with van der Waals surface area (Å²) >= 11 is 1.42. The van der Waals surface area contributed by atoms with Crippen molar-refractivity contribution in [3.05, 3.63) is 46.8 Å². The van der Waals surface area contributed by atoms with Crippen LogP contribution in [0.5, 0.6) is 0 Å². The van der Waals surface area contributed by atoms with Gasteiger partial charge in [0.05, 0.1) is 17.0 Å². The third-order valence-corrected chi connectivity index (χ3v) is 5.58. The lowest BCUT2D eigenvalue weighted by Gasteiger charge is -2.16. The number of benzene rings is 1. The first-order valence-corrected chi connectivity index (χ1v) is 9.83. The van der Waals surface area contributed by atoms with Gasteiger partial charge in [-0.15, -0.1) is 11.8 Å². The van der Waals surface area contributed by atoms with Crippen LogP contribution in [0.25, 0.3) is 0 Å². The van der Waals surface area contributed by atoms with Gasteiger partial charge in [0, 0.05) is 28.4 Å². The highest BCUT2D eigenvalue weighted by Gasteiger charge is 2.20. The lowest BCUT2D eigenvalue weighted by atomic mass is 10.1. The van der Waals surface area contributed by atoms with Gasteiger partial charge < -0.3 is 14.6 Å². The van der Waals surface area contributed by atoms with E-state index in [0.717, 1.165) is 29.2 Å². The highest BCUT2D eigenvalue weighted by molar-refractivity contribution is 8.00. The van der Waals surface area contributed by atoms with E-state index in [0.29, 0.717) is 22.6 Å². The molecule has 1 aromatic heterocycles. The number of hydrogen-bond acceptors (Lipinski definition) is 5. The van der Waals surface area contributed by atoms with Crippen molar-refractivity contribution >= 4 is 35.1 Å². The first-order chi connectivity index (χ1) is 12.9. The zero-order chi connectivity index (χ0) is 19.6. The summed E-state index contributed by atoms with van der Waals surface area (Å²) in [6.45, 7) is 6.49. The molecule has 0 saturated carbocycles. The lowest BCUT2D eigenvalue weighted by Crippen LogP contribution is -2.19. The van der Waals surface area contributed by atoms with Gasteiger partial charge in [-0.05, 0) is 44.5 Å². The fourth-order valence-corrected chi connectivity index (χ4v) is 3.94. The number of ether oxygens (including phenoxy) is 1. The number of anilines is 1. The Morgan fingerprint density at radius 2 is 2.04 bits per heavy atom. The minimum Gasteiger partial charge on any atom is -0.454 e. The first kappa shape index (κ1) is 19.2. The van der Waals surface area contributed by atoms with Crippen LogP contribution in [0.1, 0.15) is 45.4 Å². The standard InChI is InChI=1S/C20H22N2O4S/c1-4-7-22-12(2)8-15(13(22)3)17(23)10-26-20(25)14-5-6-18-16(9-14)21-19(24)11-27-18/h5-6,8-9H,4,7,10-11H2,1-3H3,(H,21,24). The van der Waals surface area contributed by atoms with Crippen molar-refractivity contribution < 1.29 is 19.1 Å². The predicted molar refractivity (Wildman–Crippen MR) is 105 cm³/mol. The van der Waals surface area contributed by atoms with Gasteiger partial charge in [-0.25, -0.2) is 4.79 Å². The Kier molecular flexibility index (Phi) is 5.70. The van der Waals surface area contributed by atoms with Gasteiger partial charge >= 0.3 is 5.97 Å². The molecule has 7 heteroatoms. The Labute approximate surface area is 162 Å². The van der Waals surface area contributed by atoms with Gasteiger partial charge in [0.25, 0.3) is 0 Å². The Morgan fingerprint density at radius 1 is 1.26 bits per heavy atom. The lowest BCUT2D eigenvalue weighted by molar-refractivity contribution is -0.113. The minimum atomic E-state index is -0.585. The van der Waals surface area contributed by atoms with Crippen LogP contribution in [-0.4, -0.2) is 34.6 Å².